The Morgan fingerprint density at radius 2 is 1.65 bits per heavy atom. The molecular weight excluding hydrogens is 290 g/mol. The van der Waals surface area contributed by atoms with Gasteiger partial charge in [-0.2, -0.15) is 0 Å². The monoisotopic (exact) mass is 309 g/mol. The molecule has 4 nitrogen and oxygen atoms in total. The molecule has 0 radical (unpaired) electrons. The average Bonchev–Trinajstić information content (AvgIpc) is 2.57. The standard InChI is InChI=1S/C19H19NO3/c1-23-19(22)15-9-7-14(8-10-15)18(21)17-6-3-2-5-16(17)13-20-11-4-12-20/h2-3,5-10H,4,11-13H2,1H3. The fourth-order valence-corrected chi connectivity index (χ4v) is 2.69. The number of esters is 1. The molecule has 0 saturated carbocycles. The SMILES string of the molecule is COC(=O)c1ccc(C(=O)c2ccccc2CN2CCC2)cc1. The van der Waals surface area contributed by atoms with Crippen molar-refractivity contribution in [1.29, 1.82) is 0 Å². The van der Waals surface area contributed by atoms with Crippen molar-refractivity contribution in [2.75, 3.05) is 20.2 Å². The van der Waals surface area contributed by atoms with Crippen molar-refractivity contribution >= 4 is 11.8 Å². The number of nitrogens with zero attached hydrogens (tertiary/aromatic N) is 1. The number of hydrogen-bond donors (Lipinski definition) is 0. The Kier molecular flexibility index (Phi) is 4.53. The zero-order valence-corrected chi connectivity index (χ0v) is 13.1. The molecule has 0 spiro atoms. The van der Waals surface area contributed by atoms with E-state index in [-0.39, 0.29) is 5.78 Å². The highest BCUT2D eigenvalue weighted by molar-refractivity contribution is 6.10. The summed E-state index contributed by atoms with van der Waals surface area (Å²) in [5, 5.41) is 0. The minimum absolute atomic E-state index is 0.0162. The van der Waals surface area contributed by atoms with Crippen LogP contribution in [0.5, 0.6) is 0 Å². The largest absolute Gasteiger partial charge is 0.465 e. The number of carbonyl (C=O) groups is 2. The number of hydrogen-bond acceptors (Lipinski definition) is 4. The zero-order valence-electron chi connectivity index (χ0n) is 13.1. The predicted molar refractivity (Wildman–Crippen MR) is 87.6 cm³/mol. The summed E-state index contributed by atoms with van der Waals surface area (Å²) in [6.45, 7) is 2.99. The lowest BCUT2D eigenvalue weighted by Crippen LogP contribution is -2.36. The normalized spacial score (nSPS) is 14.1. The van der Waals surface area contributed by atoms with Crippen LogP contribution in [0.1, 0.15) is 38.3 Å². The molecule has 2 aromatic carbocycles. The molecule has 0 aromatic heterocycles. The summed E-state index contributed by atoms with van der Waals surface area (Å²) < 4.78 is 4.67. The van der Waals surface area contributed by atoms with E-state index in [9.17, 15) is 9.59 Å². The minimum Gasteiger partial charge on any atom is -0.465 e. The summed E-state index contributed by atoms with van der Waals surface area (Å²) in [6.07, 6.45) is 1.23. The number of rotatable bonds is 5. The van der Waals surface area contributed by atoms with Gasteiger partial charge >= 0.3 is 5.97 Å². The predicted octanol–water partition coefficient (Wildman–Crippen LogP) is 2.91. The van der Waals surface area contributed by atoms with E-state index in [0.717, 1.165) is 30.8 Å². The summed E-state index contributed by atoms with van der Waals surface area (Å²) in [4.78, 5) is 26.6. The van der Waals surface area contributed by atoms with Crippen molar-refractivity contribution in [3.63, 3.8) is 0 Å². The maximum atomic E-state index is 12.8. The first-order valence-corrected chi connectivity index (χ1v) is 7.72. The van der Waals surface area contributed by atoms with Crippen LogP contribution in [0, 0.1) is 0 Å². The van der Waals surface area contributed by atoms with Crippen LogP contribution in [0.4, 0.5) is 0 Å². The third kappa shape index (κ3) is 3.32. The molecule has 1 fully saturated rings. The van der Waals surface area contributed by atoms with E-state index < -0.39 is 5.97 Å². The van der Waals surface area contributed by atoms with Crippen LogP contribution in [0.15, 0.2) is 48.5 Å². The van der Waals surface area contributed by atoms with Gasteiger partial charge in [0.25, 0.3) is 0 Å². The molecule has 3 rings (SSSR count). The van der Waals surface area contributed by atoms with E-state index in [2.05, 4.69) is 9.64 Å². The fourth-order valence-electron chi connectivity index (χ4n) is 2.69. The molecule has 4 heteroatoms. The molecule has 0 atom stereocenters. The fraction of sp³-hybridized carbons (Fsp3) is 0.263. The van der Waals surface area contributed by atoms with Crippen molar-refractivity contribution in [2.45, 2.75) is 13.0 Å². The maximum absolute atomic E-state index is 12.8. The van der Waals surface area contributed by atoms with E-state index in [0.29, 0.717) is 11.1 Å². The van der Waals surface area contributed by atoms with E-state index in [1.54, 1.807) is 24.3 Å². The van der Waals surface area contributed by atoms with Gasteiger partial charge < -0.3 is 4.74 Å². The van der Waals surface area contributed by atoms with Gasteiger partial charge in [-0.05, 0) is 37.2 Å². The molecule has 0 N–H and O–H groups in total. The van der Waals surface area contributed by atoms with Gasteiger partial charge in [-0.25, -0.2) is 4.79 Å². The Hall–Kier alpha value is -2.46. The van der Waals surface area contributed by atoms with Crippen LogP contribution in [-0.2, 0) is 11.3 Å². The van der Waals surface area contributed by atoms with Crippen molar-refractivity contribution in [3.05, 3.63) is 70.8 Å². The van der Waals surface area contributed by atoms with Crippen molar-refractivity contribution < 1.29 is 14.3 Å². The van der Waals surface area contributed by atoms with Gasteiger partial charge in [0, 0.05) is 17.7 Å². The Labute approximate surface area is 135 Å². The lowest BCUT2D eigenvalue weighted by atomic mass is 9.97. The molecular formula is C19H19NO3. The first-order chi connectivity index (χ1) is 11.2. The number of methoxy groups -OCH3 is 1. The van der Waals surface area contributed by atoms with Gasteiger partial charge in [0.2, 0.25) is 0 Å². The Bertz CT molecular complexity index is 718. The second-order valence-electron chi connectivity index (χ2n) is 5.68. The van der Waals surface area contributed by atoms with Crippen molar-refractivity contribution in [1.82, 2.24) is 4.90 Å². The van der Waals surface area contributed by atoms with E-state index in [4.69, 9.17) is 0 Å². The Balaban J connectivity index is 1.83. The average molecular weight is 309 g/mol. The minimum atomic E-state index is -0.401. The summed E-state index contributed by atoms with van der Waals surface area (Å²) in [5.41, 5.74) is 2.80. The Morgan fingerprint density at radius 3 is 2.26 bits per heavy atom. The van der Waals surface area contributed by atoms with Crippen LogP contribution in [0.25, 0.3) is 0 Å². The quantitative estimate of drug-likeness (QED) is 0.629. The van der Waals surface area contributed by atoms with Gasteiger partial charge in [-0.15, -0.1) is 0 Å². The van der Waals surface area contributed by atoms with Crippen LogP contribution in [0.3, 0.4) is 0 Å². The van der Waals surface area contributed by atoms with Crippen LogP contribution in [-0.4, -0.2) is 36.9 Å². The molecule has 1 aliphatic heterocycles. The summed E-state index contributed by atoms with van der Waals surface area (Å²) in [7, 11) is 1.34. The van der Waals surface area contributed by atoms with E-state index in [1.807, 2.05) is 24.3 Å². The molecule has 0 amide bonds. The van der Waals surface area contributed by atoms with Crippen molar-refractivity contribution in [2.24, 2.45) is 0 Å². The third-order valence-electron chi connectivity index (χ3n) is 4.17. The van der Waals surface area contributed by atoms with E-state index >= 15 is 0 Å². The number of benzene rings is 2. The Morgan fingerprint density at radius 1 is 1.00 bits per heavy atom. The first kappa shape index (κ1) is 15.4. The highest BCUT2D eigenvalue weighted by Gasteiger charge is 2.19. The molecule has 0 bridgehead atoms. The molecule has 2 aromatic rings. The summed E-state index contributed by atoms with van der Waals surface area (Å²) >= 11 is 0. The molecule has 0 unspecified atom stereocenters. The third-order valence-corrected chi connectivity index (χ3v) is 4.17. The van der Waals surface area contributed by atoms with Gasteiger partial charge in [0.1, 0.15) is 0 Å². The first-order valence-electron chi connectivity index (χ1n) is 7.72. The molecule has 23 heavy (non-hydrogen) atoms. The number of ether oxygens (including phenoxy) is 1. The lowest BCUT2D eigenvalue weighted by Gasteiger charge is -2.31. The summed E-state index contributed by atoms with van der Waals surface area (Å²) in [6, 6.07) is 14.3. The van der Waals surface area contributed by atoms with Gasteiger partial charge in [-0.3, -0.25) is 9.69 Å². The van der Waals surface area contributed by atoms with E-state index in [1.165, 1.54) is 13.5 Å². The molecule has 1 saturated heterocycles. The second kappa shape index (κ2) is 6.75. The van der Waals surface area contributed by atoms with Crippen LogP contribution < -0.4 is 0 Å². The highest BCUT2D eigenvalue weighted by atomic mass is 16.5. The number of likely N-dealkylation sites (tertiary alicyclic amines) is 1. The number of ketones is 1. The zero-order chi connectivity index (χ0) is 16.2. The molecule has 1 heterocycles. The topological polar surface area (TPSA) is 46.6 Å². The number of carbonyl (C=O) groups excluding carboxylic acids is 2. The van der Waals surface area contributed by atoms with Gasteiger partial charge in [0.15, 0.2) is 5.78 Å². The van der Waals surface area contributed by atoms with Crippen LogP contribution >= 0.6 is 0 Å². The van der Waals surface area contributed by atoms with Crippen molar-refractivity contribution in [3.8, 4) is 0 Å². The second-order valence-corrected chi connectivity index (χ2v) is 5.68. The lowest BCUT2D eigenvalue weighted by molar-refractivity contribution is 0.0600. The van der Waals surface area contributed by atoms with Gasteiger partial charge in [0.05, 0.1) is 12.7 Å². The molecule has 118 valence electrons. The van der Waals surface area contributed by atoms with Gasteiger partial charge in [-0.1, -0.05) is 36.4 Å². The highest BCUT2D eigenvalue weighted by Crippen LogP contribution is 2.19. The summed E-state index contributed by atoms with van der Waals surface area (Å²) in [5.74, 6) is -0.417. The molecule has 0 aliphatic carbocycles. The smallest absolute Gasteiger partial charge is 0.337 e. The molecule has 1 aliphatic rings. The maximum Gasteiger partial charge on any atom is 0.337 e. The van der Waals surface area contributed by atoms with Crippen LogP contribution in [0.2, 0.25) is 0 Å².